The van der Waals surface area contributed by atoms with Gasteiger partial charge in [0.1, 0.15) is 17.9 Å². The Morgan fingerprint density at radius 2 is 2.00 bits per heavy atom. The number of hydrogen-bond acceptors (Lipinski definition) is 5. The van der Waals surface area contributed by atoms with Gasteiger partial charge in [-0.15, -0.1) is 0 Å². The van der Waals surface area contributed by atoms with Crippen molar-refractivity contribution in [2.45, 2.75) is 6.92 Å². The van der Waals surface area contributed by atoms with E-state index >= 15 is 0 Å². The Bertz CT molecular complexity index is 351. The van der Waals surface area contributed by atoms with Crippen molar-refractivity contribution in [2.24, 2.45) is 0 Å². The molecule has 1 rings (SSSR count). The molecule has 0 aromatic heterocycles. The van der Waals surface area contributed by atoms with E-state index in [2.05, 4.69) is 9.78 Å². The molecule has 0 N–H and O–H groups in total. The molecule has 0 aliphatic heterocycles. The van der Waals surface area contributed by atoms with Crippen LogP contribution in [0, 0.1) is 0 Å². The third-order valence-corrected chi connectivity index (χ3v) is 1.90. The smallest absolute Gasteiger partial charge is 0.376 e. The van der Waals surface area contributed by atoms with Gasteiger partial charge in [0.05, 0.1) is 13.2 Å². The third kappa shape index (κ3) is 4.42. The van der Waals surface area contributed by atoms with Gasteiger partial charge in [0, 0.05) is 7.11 Å². The normalized spacial score (nSPS) is 10.0. The lowest BCUT2D eigenvalue weighted by atomic mass is 10.2. The van der Waals surface area contributed by atoms with Gasteiger partial charge in [-0.25, -0.2) is 4.79 Å². The van der Waals surface area contributed by atoms with Crippen molar-refractivity contribution in [3.05, 3.63) is 29.8 Å². The number of carbonyl (C=O) groups is 1. The molecule has 5 heteroatoms. The van der Waals surface area contributed by atoms with Crippen molar-refractivity contribution in [1.82, 2.24) is 0 Å². The van der Waals surface area contributed by atoms with Gasteiger partial charge in [0.15, 0.2) is 0 Å². The van der Waals surface area contributed by atoms with Gasteiger partial charge in [0.25, 0.3) is 0 Å². The van der Waals surface area contributed by atoms with E-state index in [9.17, 15) is 4.79 Å². The molecule has 0 spiro atoms. The first-order chi connectivity index (χ1) is 8.29. The highest BCUT2D eigenvalue weighted by Gasteiger charge is 2.14. The molecule has 94 valence electrons. The van der Waals surface area contributed by atoms with E-state index in [1.807, 2.05) is 0 Å². The van der Waals surface area contributed by atoms with E-state index < -0.39 is 5.97 Å². The average Bonchev–Trinajstić information content (AvgIpc) is 2.37. The van der Waals surface area contributed by atoms with Crippen LogP contribution in [0.25, 0.3) is 0 Å². The van der Waals surface area contributed by atoms with Crippen molar-refractivity contribution in [3.63, 3.8) is 0 Å². The van der Waals surface area contributed by atoms with Crippen molar-refractivity contribution in [3.8, 4) is 5.75 Å². The lowest BCUT2D eigenvalue weighted by Crippen LogP contribution is -2.11. The maximum absolute atomic E-state index is 11.6. The lowest BCUT2D eigenvalue weighted by Gasteiger charge is -2.09. The maximum atomic E-state index is 11.6. The summed E-state index contributed by atoms with van der Waals surface area (Å²) in [5.41, 5.74) is 0.331. The molecule has 0 unspecified atom stereocenters. The fraction of sp³-hybridized carbons (Fsp3) is 0.417. The molecule has 0 amide bonds. The van der Waals surface area contributed by atoms with Gasteiger partial charge in [0.2, 0.25) is 0 Å². The van der Waals surface area contributed by atoms with Crippen LogP contribution in [0.4, 0.5) is 0 Å². The van der Waals surface area contributed by atoms with Crippen molar-refractivity contribution >= 4 is 5.97 Å². The minimum atomic E-state index is -0.570. The molecule has 0 saturated carbocycles. The van der Waals surface area contributed by atoms with E-state index in [1.165, 1.54) is 0 Å². The van der Waals surface area contributed by atoms with Crippen LogP contribution in [0.15, 0.2) is 24.3 Å². The van der Waals surface area contributed by atoms with E-state index in [1.54, 1.807) is 38.3 Å². The number of ether oxygens (including phenoxy) is 2. The Hall–Kier alpha value is -1.59. The summed E-state index contributed by atoms with van der Waals surface area (Å²) in [6.07, 6.45) is 0. The van der Waals surface area contributed by atoms with Crippen LogP contribution < -0.4 is 4.74 Å². The van der Waals surface area contributed by atoms with Crippen LogP contribution in [0.2, 0.25) is 0 Å². The number of hydrogen-bond donors (Lipinski definition) is 0. The minimum Gasteiger partial charge on any atom is -0.490 e. The number of para-hydroxylation sites is 1. The van der Waals surface area contributed by atoms with E-state index in [0.29, 0.717) is 31.1 Å². The van der Waals surface area contributed by atoms with Gasteiger partial charge in [-0.1, -0.05) is 12.1 Å². The zero-order chi connectivity index (χ0) is 12.5. The fourth-order valence-electron chi connectivity index (χ4n) is 1.15. The summed E-state index contributed by atoms with van der Waals surface area (Å²) in [7, 11) is 1.58. The van der Waals surface area contributed by atoms with Crippen molar-refractivity contribution in [2.75, 3.05) is 26.9 Å². The molecule has 17 heavy (non-hydrogen) atoms. The zero-order valence-electron chi connectivity index (χ0n) is 9.97. The number of rotatable bonds is 7. The van der Waals surface area contributed by atoms with Gasteiger partial charge < -0.3 is 9.47 Å². The predicted molar refractivity (Wildman–Crippen MR) is 60.9 cm³/mol. The SMILES string of the molecule is CCOOC(=O)c1ccccc1OCCOC. The Morgan fingerprint density at radius 3 is 2.71 bits per heavy atom. The molecule has 1 aromatic rings. The number of carbonyl (C=O) groups excluding carboxylic acids is 1. The van der Waals surface area contributed by atoms with E-state index in [4.69, 9.17) is 9.47 Å². The molecule has 0 aliphatic rings. The summed E-state index contributed by atoms with van der Waals surface area (Å²) in [6.45, 7) is 2.86. The Labute approximate surface area is 100 Å². The molecule has 0 radical (unpaired) electrons. The summed E-state index contributed by atoms with van der Waals surface area (Å²) >= 11 is 0. The molecular formula is C12H16O5. The zero-order valence-corrected chi connectivity index (χ0v) is 9.97. The minimum absolute atomic E-state index is 0.304. The first-order valence-corrected chi connectivity index (χ1v) is 5.34. The second-order valence-corrected chi connectivity index (χ2v) is 3.11. The van der Waals surface area contributed by atoms with E-state index in [-0.39, 0.29) is 0 Å². The quantitative estimate of drug-likeness (QED) is 0.413. The summed E-state index contributed by atoms with van der Waals surface area (Å²) in [6, 6.07) is 6.81. The van der Waals surface area contributed by atoms with Crippen LogP contribution >= 0.6 is 0 Å². The van der Waals surface area contributed by atoms with E-state index in [0.717, 1.165) is 0 Å². The van der Waals surface area contributed by atoms with Crippen LogP contribution in [0.1, 0.15) is 17.3 Å². The van der Waals surface area contributed by atoms with Crippen LogP contribution in [-0.4, -0.2) is 32.9 Å². The standard InChI is InChI=1S/C12H16O5/c1-3-16-17-12(13)10-6-4-5-7-11(10)15-9-8-14-2/h4-7H,3,8-9H2,1-2H3. The van der Waals surface area contributed by atoms with Gasteiger partial charge in [-0.2, -0.15) is 4.89 Å². The molecule has 0 saturated heterocycles. The monoisotopic (exact) mass is 240 g/mol. The van der Waals surface area contributed by atoms with Crippen LogP contribution in [0.3, 0.4) is 0 Å². The van der Waals surface area contributed by atoms with Crippen LogP contribution in [0.5, 0.6) is 5.75 Å². The molecular weight excluding hydrogens is 224 g/mol. The fourth-order valence-corrected chi connectivity index (χ4v) is 1.15. The second-order valence-electron chi connectivity index (χ2n) is 3.11. The number of benzene rings is 1. The maximum Gasteiger partial charge on any atom is 0.376 e. The summed E-state index contributed by atoms with van der Waals surface area (Å²) < 4.78 is 10.3. The van der Waals surface area contributed by atoms with Crippen LogP contribution in [-0.2, 0) is 14.5 Å². The first-order valence-electron chi connectivity index (χ1n) is 5.34. The third-order valence-electron chi connectivity index (χ3n) is 1.90. The molecule has 0 bridgehead atoms. The summed E-state index contributed by atoms with van der Waals surface area (Å²) in [5, 5.41) is 0. The highest BCUT2D eigenvalue weighted by atomic mass is 17.2. The van der Waals surface area contributed by atoms with Gasteiger partial charge >= 0.3 is 5.97 Å². The summed E-state index contributed by atoms with van der Waals surface area (Å²) in [5.74, 6) is -0.117. The first kappa shape index (κ1) is 13.5. The Kier molecular flexibility index (Phi) is 6.06. The van der Waals surface area contributed by atoms with Crippen molar-refractivity contribution < 1.29 is 24.0 Å². The van der Waals surface area contributed by atoms with Crippen molar-refractivity contribution in [1.29, 1.82) is 0 Å². The molecule has 0 atom stereocenters. The second kappa shape index (κ2) is 7.65. The molecule has 5 nitrogen and oxygen atoms in total. The molecule has 1 aromatic carbocycles. The highest BCUT2D eigenvalue weighted by Crippen LogP contribution is 2.18. The largest absolute Gasteiger partial charge is 0.490 e. The van der Waals surface area contributed by atoms with Gasteiger partial charge in [-0.05, 0) is 19.1 Å². The average molecular weight is 240 g/mol. The molecule has 0 heterocycles. The highest BCUT2D eigenvalue weighted by molar-refractivity contribution is 5.92. The molecule has 0 aliphatic carbocycles. The Balaban J connectivity index is 2.66. The molecule has 0 fully saturated rings. The number of methoxy groups -OCH3 is 1. The lowest BCUT2D eigenvalue weighted by molar-refractivity contribution is -0.237. The van der Waals surface area contributed by atoms with Gasteiger partial charge in [-0.3, -0.25) is 4.89 Å². The topological polar surface area (TPSA) is 54.0 Å². The summed E-state index contributed by atoms with van der Waals surface area (Å²) in [4.78, 5) is 20.8. The predicted octanol–water partition coefficient (Wildman–Crippen LogP) is 1.82. The Morgan fingerprint density at radius 1 is 1.24 bits per heavy atom.